The molecule has 2 unspecified atom stereocenters. The Kier molecular flexibility index (Phi) is 4.06. The van der Waals surface area contributed by atoms with Gasteiger partial charge in [-0.1, -0.05) is 13.8 Å². The Morgan fingerprint density at radius 2 is 2.12 bits per heavy atom. The molecule has 0 spiro atoms. The minimum absolute atomic E-state index is 0.0635. The highest BCUT2D eigenvalue weighted by molar-refractivity contribution is 5.80. The molecular weight excluding hydrogens is 204 g/mol. The van der Waals surface area contributed by atoms with Gasteiger partial charge >= 0.3 is 0 Å². The second-order valence-electron chi connectivity index (χ2n) is 4.46. The highest BCUT2D eigenvalue weighted by Crippen LogP contribution is 2.13. The highest BCUT2D eigenvalue weighted by Gasteiger charge is 2.22. The fourth-order valence-corrected chi connectivity index (χ4v) is 1.63. The van der Waals surface area contributed by atoms with E-state index in [0.29, 0.717) is 0 Å². The molecule has 0 radical (unpaired) electrons. The van der Waals surface area contributed by atoms with Gasteiger partial charge in [0.05, 0.1) is 12.2 Å². The van der Waals surface area contributed by atoms with Crippen molar-refractivity contribution in [2.75, 3.05) is 0 Å². The number of nitrogens with zero attached hydrogens (tertiary/aromatic N) is 2. The Labute approximate surface area is 96.0 Å². The number of rotatable bonds is 5. The maximum Gasteiger partial charge on any atom is 0.234 e. The summed E-state index contributed by atoms with van der Waals surface area (Å²) >= 11 is 0. The molecule has 16 heavy (non-hydrogen) atoms. The van der Waals surface area contributed by atoms with Crippen LogP contribution in [0.25, 0.3) is 0 Å². The van der Waals surface area contributed by atoms with E-state index < -0.39 is 0 Å². The smallest absolute Gasteiger partial charge is 0.234 e. The van der Waals surface area contributed by atoms with Crippen LogP contribution in [0, 0.1) is 5.92 Å². The number of aromatic nitrogens is 2. The topological polar surface area (TPSA) is 72.9 Å². The zero-order valence-corrected chi connectivity index (χ0v) is 10.3. The average molecular weight is 224 g/mol. The first-order valence-electron chi connectivity index (χ1n) is 5.45. The molecule has 1 rings (SSSR count). The molecule has 0 saturated carbocycles. The van der Waals surface area contributed by atoms with Crippen LogP contribution >= 0.6 is 0 Å². The molecule has 2 atom stereocenters. The molecule has 0 bridgehead atoms. The molecule has 0 aliphatic heterocycles. The van der Waals surface area contributed by atoms with Gasteiger partial charge < -0.3 is 5.73 Å². The predicted molar refractivity (Wildman–Crippen MR) is 62.6 cm³/mol. The number of aryl methyl sites for hydroxylation is 1. The third kappa shape index (κ3) is 3.06. The van der Waals surface area contributed by atoms with Crippen LogP contribution in [-0.4, -0.2) is 21.7 Å². The van der Waals surface area contributed by atoms with Crippen molar-refractivity contribution in [3.05, 3.63) is 18.0 Å². The van der Waals surface area contributed by atoms with Gasteiger partial charge in [-0.2, -0.15) is 5.10 Å². The van der Waals surface area contributed by atoms with Crippen molar-refractivity contribution < 1.29 is 4.79 Å². The molecular formula is C11H20N4O. The van der Waals surface area contributed by atoms with Gasteiger partial charge in [0.15, 0.2) is 0 Å². The van der Waals surface area contributed by atoms with Crippen LogP contribution in [0.5, 0.6) is 0 Å². The zero-order chi connectivity index (χ0) is 12.3. The van der Waals surface area contributed by atoms with Gasteiger partial charge in [0.1, 0.15) is 0 Å². The lowest BCUT2D eigenvalue weighted by Gasteiger charge is -2.23. The number of hydrogen-bond acceptors (Lipinski definition) is 3. The van der Waals surface area contributed by atoms with E-state index in [1.54, 1.807) is 10.9 Å². The third-order valence-corrected chi connectivity index (χ3v) is 2.63. The average Bonchev–Trinajstić information content (AvgIpc) is 2.59. The van der Waals surface area contributed by atoms with Crippen LogP contribution in [-0.2, 0) is 11.8 Å². The molecule has 90 valence electrons. The van der Waals surface area contributed by atoms with E-state index in [-0.39, 0.29) is 23.9 Å². The van der Waals surface area contributed by atoms with Crippen LogP contribution < -0.4 is 11.1 Å². The standard InChI is InChI=1S/C11H20N4O/c1-7(2)10(11(12)16)14-8(3)9-5-13-15(4)6-9/h5-8,10,14H,1-4H3,(H2,12,16). The predicted octanol–water partition coefficient (Wildman–Crippen LogP) is 0.581. The number of primary amides is 1. The van der Waals surface area contributed by atoms with Gasteiger partial charge in [-0.15, -0.1) is 0 Å². The van der Waals surface area contributed by atoms with Crippen molar-refractivity contribution in [1.29, 1.82) is 0 Å². The number of nitrogens with one attached hydrogen (secondary N) is 1. The lowest BCUT2D eigenvalue weighted by molar-refractivity contribution is -0.121. The summed E-state index contributed by atoms with van der Waals surface area (Å²) in [5.74, 6) is -0.137. The highest BCUT2D eigenvalue weighted by atomic mass is 16.1. The van der Waals surface area contributed by atoms with Crippen LogP contribution in [0.2, 0.25) is 0 Å². The minimum atomic E-state index is -0.314. The first kappa shape index (κ1) is 12.7. The van der Waals surface area contributed by atoms with Crippen molar-refractivity contribution in [2.24, 2.45) is 18.7 Å². The van der Waals surface area contributed by atoms with E-state index in [0.717, 1.165) is 5.56 Å². The largest absolute Gasteiger partial charge is 0.368 e. The normalized spacial score (nSPS) is 15.1. The summed E-state index contributed by atoms with van der Waals surface area (Å²) in [5, 5.41) is 7.31. The van der Waals surface area contributed by atoms with Crippen molar-refractivity contribution in [3.8, 4) is 0 Å². The molecule has 0 aliphatic carbocycles. The molecule has 1 amide bonds. The summed E-state index contributed by atoms with van der Waals surface area (Å²) in [6.45, 7) is 5.94. The summed E-state index contributed by atoms with van der Waals surface area (Å²) < 4.78 is 1.74. The number of carbonyl (C=O) groups is 1. The quantitative estimate of drug-likeness (QED) is 0.768. The molecule has 5 heteroatoms. The van der Waals surface area contributed by atoms with Gasteiger partial charge in [0, 0.05) is 24.8 Å². The molecule has 0 aromatic carbocycles. The van der Waals surface area contributed by atoms with E-state index >= 15 is 0 Å². The lowest BCUT2D eigenvalue weighted by Crippen LogP contribution is -2.45. The molecule has 1 aromatic heterocycles. The fraction of sp³-hybridized carbons (Fsp3) is 0.636. The van der Waals surface area contributed by atoms with E-state index in [1.165, 1.54) is 0 Å². The molecule has 0 saturated heterocycles. The molecule has 3 N–H and O–H groups in total. The van der Waals surface area contributed by atoms with Gasteiger partial charge in [0.2, 0.25) is 5.91 Å². The second kappa shape index (κ2) is 5.12. The van der Waals surface area contributed by atoms with Crippen molar-refractivity contribution in [2.45, 2.75) is 32.9 Å². The maximum atomic E-state index is 11.3. The maximum absolute atomic E-state index is 11.3. The second-order valence-corrected chi connectivity index (χ2v) is 4.46. The summed E-state index contributed by atoms with van der Waals surface area (Å²) in [6, 6.07) is -0.246. The third-order valence-electron chi connectivity index (χ3n) is 2.63. The Hall–Kier alpha value is -1.36. The minimum Gasteiger partial charge on any atom is -0.368 e. The van der Waals surface area contributed by atoms with E-state index in [2.05, 4.69) is 10.4 Å². The van der Waals surface area contributed by atoms with Crippen LogP contribution in [0.4, 0.5) is 0 Å². The summed E-state index contributed by atoms with van der Waals surface area (Å²) in [5.41, 5.74) is 6.40. The molecule has 0 fully saturated rings. The fourth-order valence-electron chi connectivity index (χ4n) is 1.63. The van der Waals surface area contributed by atoms with Crippen molar-refractivity contribution in [1.82, 2.24) is 15.1 Å². The van der Waals surface area contributed by atoms with Gasteiger partial charge in [-0.25, -0.2) is 0 Å². The zero-order valence-electron chi connectivity index (χ0n) is 10.3. The first-order chi connectivity index (χ1) is 7.41. The first-order valence-corrected chi connectivity index (χ1v) is 5.45. The van der Waals surface area contributed by atoms with E-state index in [1.807, 2.05) is 34.0 Å². The molecule has 1 heterocycles. The Morgan fingerprint density at radius 3 is 2.50 bits per heavy atom. The SMILES string of the molecule is CC(NC(C(N)=O)C(C)C)c1cnn(C)c1. The van der Waals surface area contributed by atoms with Gasteiger partial charge in [0.25, 0.3) is 0 Å². The number of nitrogens with two attached hydrogens (primary N) is 1. The summed E-state index contributed by atoms with van der Waals surface area (Å²) in [6.07, 6.45) is 3.71. The molecule has 0 aliphatic rings. The van der Waals surface area contributed by atoms with Gasteiger partial charge in [-0.05, 0) is 12.8 Å². The number of hydrogen-bond donors (Lipinski definition) is 2. The molecule has 5 nitrogen and oxygen atoms in total. The van der Waals surface area contributed by atoms with E-state index in [9.17, 15) is 4.79 Å². The Balaban J connectivity index is 2.68. The lowest BCUT2D eigenvalue weighted by atomic mass is 10.0. The van der Waals surface area contributed by atoms with Crippen LogP contribution in [0.1, 0.15) is 32.4 Å². The van der Waals surface area contributed by atoms with E-state index in [4.69, 9.17) is 5.73 Å². The summed E-state index contributed by atoms with van der Waals surface area (Å²) in [4.78, 5) is 11.3. The monoisotopic (exact) mass is 224 g/mol. The van der Waals surface area contributed by atoms with Crippen LogP contribution in [0.15, 0.2) is 12.4 Å². The van der Waals surface area contributed by atoms with Crippen molar-refractivity contribution in [3.63, 3.8) is 0 Å². The summed E-state index contributed by atoms with van der Waals surface area (Å²) in [7, 11) is 1.87. The Morgan fingerprint density at radius 1 is 1.50 bits per heavy atom. The van der Waals surface area contributed by atoms with Gasteiger partial charge in [-0.3, -0.25) is 14.8 Å². The molecule has 1 aromatic rings. The Bertz CT molecular complexity index is 359. The number of carbonyl (C=O) groups excluding carboxylic acids is 1. The number of amides is 1. The van der Waals surface area contributed by atoms with Crippen LogP contribution in [0.3, 0.4) is 0 Å². The van der Waals surface area contributed by atoms with Crippen molar-refractivity contribution >= 4 is 5.91 Å².